The highest BCUT2D eigenvalue weighted by molar-refractivity contribution is 7.83. The van der Waals surface area contributed by atoms with Gasteiger partial charge in [0, 0.05) is 0 Å². The van der Waals surface area contributed by atoms with E-state index in [2.05, 4.69) is 4.79 Å². The van der Waals surface area contributed by atoms with Gasteiger partial charge in [0.15, 0.2) is 4.86 Å². The van der Waals surface area contributed by atoms with Crippen LogP contribution in [-0.2, 0) is 20.6 Å². The predicted octanol–water partition coefficient (Wildman–Crippen LogP) is 0.360. The summed E-state index contributed by atoms with van der Waals surface area (Å²) in [4.78, 5) is 1.82. The second-order valence-corrected chi connectivity index (χ2v) is 5.18. The third-order valence-corrected chi connectivity index (χ3v) is 3.75. The Morgan fingerprint density at radius 2 is 1.76 bits per heavy atom. The van der Waals surface area contributed by atoms with E-state index in [0.717, 1.165) is 19.3 Å². The summed E-state index contributed by atoms with van der Waals surface area (Å²) in [7, 11) is -5.36. The minimum atomic E-state index is -2.73. The van der Waals surface area contributed by atoms with E-state index in [4.69, 9.17) is 5.53 Å². The molecule has 0 aromatic heterocycles. The molecule has 0 aliphatic heterocycles. The molecule has 17 heavy (non-hydrogen) atoms. The monoisotopic (exact) mass is 278 g/mol. The Balaban J connectivity index is 5.10. The molecule has 0 heterocycles. The second-order valence-electron chi connectivity index (χ2n) is 3.31. The van der Waals surface area contributed by atoms with Crippen LogP contribution in [0.3, 0.4) is 0 Å². The van der Waals surface area contributed by atoms with Crippen LogP contribution < -0.4 is 0 Å². The molecule has 0 N–H and O–H groups in total. The molecular formula is C9H14N2O4S2. The van der Waals surface area contributed by atoms with Crippen molar-refractivity contribution in [3.63, 3.8) is 0 Å². The van der Waals surface area contributed by atoms with Crippen molar-refractivity contribution in [3.05, 3.63) is 5.53 Å². The van der Waals surface area contributed by atoms with Gasteiger partial charge in [0.2, 0.25) is 20.6 Å². The maximum atomic E-state index is 10.9. The van der Waals surface area contributed by atoms with Crippen LogP contribution in [-0.4, -0.2) is 37.6 Å². The Labute approximate surface area is 103 Å². The maximum Gasteiger partial charge on any atom is 0.304 e. The molecular weight excluding hydrogens is 264 g/mol. The number of nitrogens with zero attached hydrogens (tertiary/aromatic N) is 2. The lowest BCUT2D eigenvalue weighted by Crippen LogP contribution is -2.18. The van der Waals surface area contributed by atoms with E-state index in [1.807, 2.05) is 6.92 Å². The number of hydrogen-bond donors (Lipinski definition) is 0. The van der Waals surface area contributed by atoms with Crippen LogP contribution in [0, 0.1) is 0 Å². The van der Waals surface area contributed by atoms with Gasteiger partial charge in [0.05, 0.1) is 0 Å². The third kappa shape index (κ3) is 6.15. The Morgan fingerprint density at radius 3 is 2.18 bits per heavy atom. The van der Waals surface area contributed by atoms with Crippen LogP contribution in [0.4, 0.5) is 0 Å². The standard InChI is InChI=1S/C9H14N2O4S2/c1-2-3-4-5-6-8(16(12)13)9(7-11-10)17(14)15/h7H,2-6H2,1H3. The summed E-state index contributed by atoms with van der Waals surface area (Å²) in [5.41, 5.74) is 8.29. The second kappa shape index (κ2) is 8.86. The van der Waals surface area contributed by atoms with Crippen LogP contribution in [0.25, 0.3) is 5.53 Å². The number of hydrogen-bond acceptors (Lipinski definition) is 4. The summed E-state index contributed by atoms with van der Waals surface area (Å²) in [6.45, 7) is 2.01. The highest BCUT2D eigenvalue weighted by atomic mass is 32.2. The van der Waals surface area contributed by atoms with Crippen LogP contribution >= 0.6 is 0 Å². The molecule has 6 nitrogen and oxygen atoms in total. The molecule has 0 saturated carbocycles. The molecule has 0 radical (unpaired) electrons. The van der Waals surface area contributed by atoms with Crippen molar-refractivity contribution in [1.82, 2.24) is 0 Å². The van der Waals surface area contributed by atoms with E-state index >= 15 is 0 Å². The number of unbranched alkanes of at least 4 members (excludes halogenated alkanes) is 3. The third-order valence-electron chi connectivity index (χ3n) is 2.09. The highest BCUT2D eigenvalue weighted by Gasteiger charge is 2.14. The van der Waals surface area contributed by atoms with Crippen molar-refractivity contribution in [2.24, 2.45) is 0 Å². The molecule has 8 heteroatoms. The zero-order valence-electron chi connectivity index (χ0n) is 9.46. The molecule has 0 bridgehead atoms. The number of rotatable bonds is 7. The van der Waals surface area contributed by atoms with Crippen molar-refractivity contribution < 1.29 is 21.6 Å². The molecule has 96 valence electrons. The largest absolute Gasteiger partial charge is 0.361 e. The molecule has 0 fully saturated rings. The van der Waals surface area contributed by atoms with E-state index in [0.29, 0.717) is 12.6 Å². The van der Waals surface area contributed by atoms with Crippen molar-refractivity contribution in [3.8, 4) is 0 Å². The molecule has 0 atom stereocenters. The Kier molecular flexibility index (Phi) is 8.21. The van der Waals surface area contributed by atoms with Gasteiger partial charge in [-0.25, -0.2) is 0 Å². The maximum absolute atomic E-state index is 10.9. The molecule has 0 aliphatic rings. The van der Waals surface area contributed by atoms with E-state index < -0.39 is 25.5 Å². The van der Waals surface area contributed by atoms with Gasteiger partial charge in [-0.1, -0.05) is 26.2 Å². The van der Waals surface area contributed by atoms with Gasteiger partial charge in [0.1, 0.15) is 4.86 Å². The summed E-state index contributed by atoms with van der Waals surface area (Å²) in [5, 5.41) is 0. The zero-order valence-corrected chi connectivity index (χ0v) is 11.1. The fourth-order valence-corrected chi connectivity index (χ4v) is 2.62. The summed E-state index contributed by atoms with van der Waals surface area (Å²) in [6.07, 6.45) is 4.11. The van der Waals surface area contributed by atoms with E-state index in [1.54, 1.807) is 0 Å². The summed E-state index contributed by atoms with van der Waals surface area (Å²) in [6, 6.07) is 0. The molecule has 0 aliphatic carbocycles. The van der Waals surface area contributed by atoms with Gasteiger partial charge < -0.3 is 5.53 Å². The quantitative estimate of drug-likeness (QED) is 0.220. The molecule has 0 aromatic carbocycles. The van der Waals surface area contributed by atoms with E-state index in [-0.39, 0.29) is 11.3 Å². The van der Waals surface area contributed by atoms with E-state index in [1.165, 1.54) is 0 Å². The van der Waals surface area contributed by atoms with Crippen molar-refractivity contribution >= 4 is 36.5 Å². The summed E-state index contributed by atoms with van der Waals surface area (Å²) < 4.78 is 43.4. The van der Waals surface area contributed by atoms with Crippen LogP contribution in [0.2, 0.25) is 0 Å². The first-order chi connectivity index (χ1) is 8.04. The van der Waals surface area contributed by atoms with Gasteiger partial charge in [-0.05, 0) is 12.8 Å². The average Bonchev–Trinajstić information content (AvgIpc) is 2.26. The molecule has 0 amide bonds. The Morgan fingerprint density at radius 1 is 1.12 bits per heavy atom. The predicted molar refractivity (Wildman–Crippen MR) is 66.3 cm³/mol. The van der Waals surface area contributed by atoms with Crippen molar-refractivity contribution in [1.29, 1.82) is 0 Å². The average molecular weight is 278 g/mol. The first-order valence-corrected chi connectivity index (χ1v) is 7.28. The van der Waals surface area contributed by atoms with Crippen LogP contribution in [0.5, 0.6) is 0 Å². The lowest BCUT2D eigenvalue weighted by Gasteiger charge is -1.97. The SMILES string of the molecule is CCCCCCC(C(C=[N+]=[N-])=S(=O)=O)=S(=O)=O. The van der Waals surface area contributed by atoms with Gasteiger partial charge in [-0.15, -0.1) is 0 Å². The van der Waals surface area contributed by atoms with Gasteiger partial charge in [0.25, 0.3) is 0 Å². The van der Waals surface area contributed by atoms with Crippen LogP contribution in [0.15, 0.2) is 0 Å². The summed E-state index contributed by atoms with van der Waals surface area (Å²) in [5.74, 6) is 0. The lowest BCUT2D eigenvalue weighted by molar-refractivity contribution is 0.00690. The molecule has 0 rings (SSSR count). The first kappa shape index (κ1) is 15.8. The fourth-order valence-electron chi connectivity index (χ4n) is 1.26. The van der Waals surface area contributed by atoms with E-state index in [9.17, 15) is 16.8 Å². The topological polar surface area (TPSA) is 105 Å². The smallest absolute Gasteiger partial charge is 0.304 e. The first-order valence-electron chi connectivity index (χ1n) is 5.13. The van der Waals surface area contributed by atoms with Gasteiger partial charge >= 0.3 is 6.21 Å². The summed E-state index contributed by atoms with van der Waals surface area (Å²) >= 11 is 0. The molecule has 0 aromatic rings. The molecule has 0 spiro atoms. The molecule has 0 saturated heterocycles. The molecule has 0 unspecified atom stereocenters. The van der Waals surface area contributed by atoms with Gasteiger partial charge in [-0.2, -0.15) is 21.6 Å². The Bertz CT molecular complexity index is 550. The van der Waals surface area contributed by atoms with Gasteiger partial charge in [-0.3, -0.25) is 0 Å². The van der Waals surface area contributed by atoms with Crippen molar-refractivity contribution in [2.75, 3.05) is 0 Å². The highest BCUT2D eigenvalue weighted by Crippen LogP contribution is 2.03. The lowest BCUT2D eigenvalue weighted by atomic mass is 10.1. The minimum absolute atomic E-state index is 0.130. The van der Waals surface area contributed by atoms with Crippen LogP contribution in [0.1, 0.15) is 39.0 Å². The normalized spacial score (nSPS) is 9.24. The van der Waals surface area contributed by atoms with Crippen molar-refractivity contribution in [2.45, 2.75) is 39.0 Å². The fraction of sp³-hybridized carbons (Fsp3) is 0.667. The zero-order chi connectivity index (χ0) is 13.3. The Hall–Kier alpha value is -1.24. The minimum Gasteiger partial charge on any atom is -0.361 e.